The van der Waals surface area contributed by atoms with Crippen molar-refractivity contribution in [1.82, 2.24) is 9.78 Å². The molecule has 0 aliphatic carbocycles. The van der Waals surface area contributed by atoms with Crippen LogP contribution in [0, 0.1) is 20.8 Å². The summed E-state index contributed by atoms with van der Waals surface area (Å²) in [4.78, 5) is 12.8. The molecule has 0 saturated heterocycles. The van der Waals surface area contributed by atoms with Gasteiger partial charge in [0.25, 0.3) is 5.91 Å². The molecule has 5 nitrogen and oxygen atoms in total. The third kappa shape index (κ3) is 4.14. The standard InChI is InChI=1S/C21H22ClN3O2/c1-13-5-7-16(8-6-13)12-25-15(3)20(14(2)24-25)21(26)23-17-9-10-19(27-4)18(22)11-17/h5-11H,12H2,1-4H3,(H,23,26). The van der Waals surface area contributed by atoms with Gasteiger partial charge in [-0.15, -0.1) is 0 Å². The highest BCUT2D eigenvalue weighted by Crippen LogP contribution is 2.27. The number of nitrogens with zero attached hydrogens (tertiary/aromatic N) is 2. The SMILES string of the molecule is COc1ccc(NC(=O)c2c(C)nn(Cc3ccc(C)cc3)c2C)cc1Cl. The Balaban J connectivity index is 1.82. The average molecular weight is 384 g/mol. The molecule has 0 atom stereocenters. The lowest BCUT2D eigenvalue weighted by molar-refractivity contribution is 0.102. The summed E-state index contributed by atoms with van der Waals surface area (Å²) in [6.45, 7) is 6.42. The zero-order valence-corrected chi connectivity index (χ0v) is 16.6. The van der Waals surface area contributed by atoms with Crippen molar-refractivity contribution in [3.63, 3.8) is 0 Å². The molecule has 27 heavy (non-hydrogen) atoms. The number of anilines is 1. The van der Waals surface area contributed by atoms with Gasteiger partial charge in [-0.05, 0) is 44.5 Å². The minimum absolute atomic E-state index is 0.207. The van der Waals surface area contributed by atoms with Crippen LogP contribution in [0.1, 0.15) is 32.9 Å². The highest BCUT2D eigenvalue weighted by atomic mass is 35.5. The van der Waals surface area contributed by atoms with Gasteiger partial charge in [0, 0.05) is 11.4 Å². The van der Waals surface area contributed by atoms with Crippen molar-refractivity contribution in [2.24, 2.45) is 0 Å². The number of nitrogens with one attached hydrogen (secondary N) is 1. The van der Waals surface area contributed by atoms with Gasteiger partial charge in [-0.1, -0.05) is 41.4 Å². The van der Waals surface area contributed by atoms with E-state index in [4.69, 9.17) is 16.3 Å². The van der Waals surface area contributed by atoms with E-state index in [0.29, 0.717) is 34.3 Å². The van der Waals surface area contributed by atoms with Crippen LogP contribution < -0.4 is 10.1 Å². The van der Waals surface area contributed by atoms with Crippen LogP contribution >= 0.6 is 11.6 Å². The predicted octanol–water partition coefficient (Wildman–Crippen LogP) is 4.77. The Labute approximate surface area is 163 Å². The minimum atomic E-state index is -0.207. The van der Waals surface area contributed by atoms with E-state index in [0.717, 1.165) is 11.3 Å². The molecular weight excluding hydrogens is 362 g/mol. The highest BCUT2D eigenvalue weighted by molar-refractivity contribution is 6.32. The molecule has 3 rings (SSSR count). The minimum Gasteiger partial charge on any atom is -0.495 e. The molecular formula is C21H22ClN3O2. The Bertz CT molecular complexity index is 978. The monoisotopic (exact) mass is 383 g/mol. The van der Waals surface area contributed by atoms with Gasteiger partial charge in [0.1, 0.15) is 5.75 Å². The molecule has 0 aliphatic heterocycles. The lowest BCUT2D eigenvalue weighted by Gasteiger charge is -2.09. The van der Waals surface area contributed by atoms with E-state index in [1.54, 1.807) is 25.3 Å². The van der Waals surface area contributed by atoms with Crippen molar-refractivity contribution in [2.75, 3.05) is 12.4 Å². The van der Waals surface area contributed by atoms with E-state index in [-0.39, 0.29) is 5.91 Å². The smallest absolute Gasteiger partial charge is 0.259 e. The fourth-order valence-electron chi connectivity index (χ4n) is 2.98. The Kier molecular flexibility index (Phi) is 5.51. The van der Waals surface area contributed by atoms with E-state index in [1.165, 1.54) is 5.56 Å². The van der Waals surface area contributed by atoms with Crippen molar-refractivity contribution in [3.8, 4) is 5.75 Å². The first kappa shape index (κ1) is 19.0. The van der Waals surface area contributed by atoms with Crippen LogP contribution in [0.15, 0.2) is 42.5 Å². The number of methoxy groups -OCH3 is 1. The third-order valence-corrected chi connectivity index (χ3v) is 4.77. The van der Waals surface area contributed by atoms with Gasteiger partial charge in [0.15, 0.2) is 0 Å². The van der Waals surface area contributed by atoms with Gasteiger partial charge in [0.05, 0.1) is 29.9 Å². The molecule has 0 radical (unpaired) electrons. The van der Waals surface area contributed by atoms with Crippen molar-refractivity contribution in [1.29, 1.82) is 0 Å². The van der Waals surface area contributed by atoms with Crippen LogP contribution in [0.2, 0.25) is 5.02 Å². The van der Waals surface area contributed by atoms with Gasteiger partial charge in [-0.3, -0.25) is 9.48 Å². The first-order valence-corrected chi connectivity index (χ1v) is 9.01. The van der Waals surface area contributed by atoms with E-state index >= 15 is 0 Å². The van der Waals surface area contributed by atoms with E-state index < -0.39 is 0 Å². The number of rotatable bonds is 5. The van der Waals surface area contributed by atoms with Crippen LogP contribution in [0.4, 0.5) is 5.69 Å². The normalized spacial score (nSPS) is 10.7. The van der Waals surface area contributed by atoms with Crippen LogP contribution in [0.25, 0.3) is 0 Å². The molecule has 0 fully saturated rings. The number of hydrogen-bond donors (Lipinski definition) is 1. The van der Waals surface area contributed by atoms with Gasteiger partial charge < -0.3 is 10.1 Å². The van der Waals surface area contributed by atoms with Gasteiger partial charge >= 0.3 is 0 Å². The number of amides is 1. The van der Waals surface area contributed by atoms with Crippen LogP contribution in [0.5, 0.6) is 5.75 Å². The summed E-state index contributed by atoms with van der Waals surface area (Å²) >= 11 is 6.13. The topological polar surface area (TPSA) is 56.1 Å². The average Bonchev–Trinajstić information content (AvgIpc) is 2.90. The molecule has 0 saturated carbocycles. The molecule has 0 spiro atoms. The van der Waals surface area contributed by atoms with E-state index in [9.17, 15) is 4.79 Å². The lowest BCUT2D eigenvalue weighted by Crippen LogP contribution is -2.14. The summed E-state index contributed by atoms with van der Waals surface area (Å²) in [5.74, 6) is 0.356. The fraction of sp³-hybridized carbons (Fsp3) is 0.238. The molecule has 140 valence electrons. The second kappa shape index (κ2) is 7.84. The van der Waals surface area contributed by atoms with Crippen molar-refractivity contribution < 1.29 is 9.53 Å². The van der Waals surface area contributed by atoms with Gasteiger partial charge in [-0.2, -0.15) is 5.10 Å². The molecule has 0 bridgehead atoms. The molecule has 6 heteroatoms. The second-order valence-corrected chi connectivity index (χ2v) is 6.90. The van der Waals surface area contributed by atoms with Crippen LogP contribution in [-0.4, -0.2) is 22.8 Å². The molecule has 1 aromatic heterocycles. The maximum Gasteiger partial charge on any atom is 0.259 e. The Morgan fingerprint density at radius 1 is 1.15 bits per heavy atom. The van der Waals surface area contributed by atoms with Crippen LogP contribution in [-0.2, 0) is 6.54 Å². The molecule has 2 aromatic carbocycles. The summed E-state index contributed by atoms with van der Waals surface area (Å²) in [6.07, 6.45) is 0. The predicted molar refractivity (Wildman–Crippen MR) is 108 cm³/mol. The molecule has 1 amide bonds. The van der Waals surface area contributed by atoms with E-state index in [1.807, 2.05) is 18.5 Å². The van der Waals surface area contributed by atoms with Crippen LogP contribution in [0.3, 0.4) is 0 Å². The summed E-state index contributed by atoms with van der Waals surface area (Å²) < 4.78 is 6.99. The quantitative estimate of drug-likeness (QED) is 0.690. The molecule has 0 unspecified atom stereocenters. The van der Waals surface area contributed by atoms with Crippen molar-refractivity contribution in [2.45, 2.75) is 27.3 Å². The molecule has 3 aromatic rings. The summed E-state index contributed by atoms with van der Waals surface area (Å²) in [5.41, 5.74) is 5.05. The van der Waals surface area contributed by atoms with Crippen molar-refractivity contribution >= 4 is 23.2 Å². The molecule has 0 aliphatic rings. The van der Waals surface area contributed by atoms with Crippen molar-refractivity contribution in [3.05, 3.63) is 75.6 Å². The maximum atomic E-state index is 12.8. The maximum absolute atomic E-state index is 12.8. The number of carbonyl (C=O) groups excluding carboxylic acids is 1. The van der Waals surface area contributed by atoms with E-state index in [2.05, 4.69) is 41.6 Å². The number of carbonyl (C=O) groups is 1. The fourth-order valence-corrected chi connectivity index (χ4v) is 3.24. The molecule has 1 N–H and O–H groups in total. The lowest BCUT2D eigenvalue weighted by atomic mass is 10.1. The number of aromatic nitrogens is 2. The zero-order valence-electron chi connectivity index (χ0n) is 15.8. The molecule has 1 heterocycles. The third-order valence-electron chi connectivity index (χ3n) is 4.47. The highest BCUT2D eigenvalue weighted by Gasteiger charge is 2.19. The summed E-state index contributed by atoms with van der Waals surface area (Å²) in [6, 6.07) is 13.4. The Morgan fingerprint density at radius 2 is 1.85 bits per heavy atom. The number of ether oxygens (including phenoxy) is 1. The Morgan fingerprint density at radius 3 is 2.48 bits per heavy atom. The number of halogens is 1. The first-order valence-electron chi connectivity index (χ1n) is 8.63. The first-order chi connectivity index (χ1) is 12.9. The van der Waals surface area contributed by atoms with Gasteiger partial charge in [0.2, 0.25) is 0 Å². The largest absolute Gasteiger partial charge is 0.495 e. The second-order valence-electron chi connectivity index (χ2n) is 6.49. The zero-order chi connectivity index (χ0) is 19.6. The summed E-state index contributed by atoms with van der Waals surface area (Å²) in [5, 5.41) is 7.87. The Hall–Kier alpha value is -2.79. The number of aryl methyl sites for hydroxylation is 2. The number of benzene rings is 2. The van der Waals surface area contributed by atoms with Gasteiger partial charge in [-0.25, -0.2) is 0 Å². The number of hydrogen-bond acceptors (Lipinski definition) is 3. The summed E-state index contributed by atoms with van der Waals surface area (Å²) in [7, 11) is 1.55.